The van der Waals surface area contributed by atoms with Crippen LogP contribution in [0.3, 0.4) is 0 Å². The van der Waals surface area contributed by atoms with Gasteiger partial charge in [0.15, 0.2) is 0 Å². The summed E-state index contributed by atoms with van der Waals surface area (Å²) in [4.78, 5) is 21.0. The number of rotatable bonds is 2. The molecule has 0 fully saturated rings. The van der Waals surface area contributed by atoms with Crippen LogP contribution in [0.25, 0.3) is 11.0 Å². The van der Waals surface area contributed by atoms with E-state index in [0.29, 0.717) is 16.9 Å². The van der Waals surface area contributed by atoms with E-state index in [9.17, 15) is 9.90 Å². The molecule has 0 bridgehead atoms. The number of aryl methyl sites for hydroxylation is 3. The number of phenolic OH excluding ortho intramolecular Hbond substituents is 1. The highest BCUT2D eigenvalue weighted by Crippen LogP contribution is 2.24. The smallest absolute Gasteiger partial charge is 0.323 e. The normalized spacial score (nSPS) is 10.6. The highest BCUT2D eigenvalue weighted by atomic mass is 16.3. The number of amides is 2. The number of hydrogen-bond donors (Lipinski definition) is 3. The molecule has 2 amide bonds. The number of nitrogens with one attached hydrogen (secondary N) is 2. The van der Waals surface area contributed by atoms with Gasteiger partial charge in [-0.15, -0.1) is 0 Å². The first-order valence-corrected chi connectivity index (χ1v) is 7.55. The highest BCUT2D eigenvalue weighted by molar-refractivity contribution is 6.01. The van der Waals surface area contributed by atoms with E-state index in [1.807, 2.05) is 32.9 Å². The van der Waals surface area contributed by atoms with Gasteiger partial charge in [0.1, 0.15) is 5.75 Å². The third kappa shape index (κ3) is 3.27. The van der Waals surface area contributed by atoms with Crippen LogP contribution < -0.4 is 10.6 Å². The lowest BCUT2D eigenvalue weighted by atomic mass is 10.2. The average molecular weight is 322 g/mol. The predicted molar refractivity (Wildman–Crippen MR) is 94.5 cm³/mol. The molecular weight excluding hydrogens is 304 g/mol. The summed E-state index contributed by atoms with van der Waals surface area (Å²) in [6.07, 6.45) is 0. The SMILES string of the molecule is Cc1ccc(NC(=O)Nc2ccc3nc(C)c(C)nc3c2)c(O)c1. The average Bonchev–Trinajstić information content (AvgIpc) is 2.51. The fraction of sp³-hybridized carbons (Fsp3) is 0.167. The molecule has 0 atom stereocenters. The maximum Gasteiger partial charge on any atom is 0.323 e. The van der Waals surface area contributed by atoms with Crippen molar-refractivity contribution in [2.75, 3.05) is 10.6 Å². The monoisotopic (exact) mass is 322 g/mol. The summed E-state index contributed by atoms with van der Waals surface area (Å²) in [6, 6.07) is 9.96. The number of aromatic nitrogens is 2. The molecule has 0 aliphatic carbocycles. The van der Waals surface area contributed by atoms with Gasteiger partial charge in [0.25, 0.3) is 0 Å². The summed E-state index contributed by atoms with van der Waals surface area (Å²) in [5.41, 5.74) is 5.10. The van der Waals surface area contributed by atoms with Crippen LogP contribution in [-0.2, 0) is 0 Å². The number of hydrogen-bond acceptors (Lipinski definition) is 4. The van der Waals surface area contributed by atoms with Gasteiger partial charge < -0.3 is 15.7 Å². The number of aromatic hydroxyl groups is 1. The second-order valence-corrected chi connectivity index (χ2v) is 5.70. The van der Waals surface area contributed by atoms with Crippen molar-refractivity contribution in [3.63, 3.8) is 0 Å². The molecule has 24 heavy (non-hydrogen) atoms. The van der Waals surface area contributed by atoms with Crippen molar-refractivity contribution >= 4 is 28.4 Å². The highest BCUT2D eigenvalue weighted by Gasteiger charge is 2.08. The Morgan fingerprint density at radius 3 is 2.33 bits per heavy atom. The minimum atomic E-state index is -0.440. The van der Waals surface area contributed by atoms with Gasteiger partial charge in [-0.05, 0) is 56.7 Å². The zero-order valence-electron chi connectivity index (χ0n) is 13.7. The quantitative estimate of drug-likeness (QED) is 0.624. The molecule has 0 saturated carbocycles. The molecule has 0 radical (unpaired) electrons. The maximum atomic E-state index is 12.1. The third-order valence-corrected chi connectivity index (χ3v) is 3.73. The lowest BCUT2D eigenvalue weighted by Crippen LogP contribution is -2.19. The molecule has 1 heterocycles. The molecule has 3 N–H and O–H groups in total. The Kier molecular flexibility index (Phi) is 4.04. The van der Waals surface area contributed by atoms with E-state index in [0.717, 1.165) is 22.5 Å². The van der Waals surface area contributed by atoms with Crippen LogP contribution in [0.5, 0.6) is 5.75 Å². The Labute approximate surface area is 139 Å². The summed E-state index contributed by atoms with van der Waals surface area (Å²) in [5, 5.41) is 15.2. The largest absolute Gasteiger partial charge is 0.506 e. The first-order valence-electron chi connectivity index (χ1n) is 7.55. The summed E-state index contributed by atoms with van der Waals surface area (Å²) < 4.78 is 0. The van der Waals surface area contributed by atoms with Gasteiger partial charge in [-0.3, -0.25) is 0 Å². The first-order chi connectivity index (χ1) is 11.4. The summed E-state index contributed by atoms with van der Waals surface area (Å²) >= 11 is 0. The molecule has 1 aromatic heterocycles. The lowest BCUT2D eigenvalue weighted by Gasteiger charge is -2.10. The number of nitrogens with zero attached hydrogens (tertiary/aromatic N) is 2. The Morgan fingerprint density at radius 1 is 0.917 bits per heavy atom. The van der Waals surface area contributed by atoms with Crippen LogP contribution in [0.1, 0.15) is 17.0 Å². The van der Waals surface area contributed by atoms with E-state index in [4.69, 9.17) is 0 Å². The van der Waals surface area contributed by atoms with Crippen molar-refractivity contribution in [1.29, 1.82) is 0 Å². The zero-order chi connectivity index (χ0) is 17.3. The zero-order valence-corrected chi connectivity index (χ0v) is 13.7. The molecule has 0 saturated heterocycles. The molecule has 0 aliphatic rings. The third-order valence-electron chi connectivity index (χ3n) is 3.73. The van der Waals surface area contributed by atoms with Gasteiger partial charge in [0, 0.05) is 5.69 Å². The Balaban J connectivity index is 1.78. The number of phenols is 1. The molecule has 3 rings (SSSR count). The van der Waals surface area contributed by atoms with E-state index in [-0.39, 0.29) is 5.75 Å². The van der Waals surface area contributed by atoms with Crippen molar-refractivity contribution in [2.24, 2.45) is 0 Å². The van der Waals surface area contributed by atoms with Gasteiger partial charge in [-0.2, -0.15) is 0 Å². The first kappa shape index (κ1) is 15.7. The maximum absolute atomic E-state index is 12.1. The van der Waals surface area contributed by atoms with Crippen LogP contribution in [-0.4, -0.2) is 21.1 Å². The van der Waals surface area contributed by atoms with Crippen LogP contribution >= 0.6 is 0 Å². The Morgan fingerprint density at radius 2 is 1.62 bits per heavy atom. The minimum absolute atomic E-state index is 0.0284. The molecule has 122 valence electrons. The molecular formula is C18H18N4O2. The molecule has 6 nitrogen and oxygen atoms in total. The van der Waals surface area contributed by atoms with Crippen LogP contribution in [0.15, 0.2) is 36.4 Å². The number of anilines is 2. The number of fused-ring (bicyclic) bond motifs is 1. The summed E-state index contributed by atoms with van der Waals surface area (Å²) in [6.45, 7) is 5.67. The molecule has 6 heteroatoms. The number of benzene rings is 2. The van der Waals surface area contributed by atoms with Crippen molar-refractivity contribution in [2.45, 2.75) is 20.8 Å². The Bertz CT molecular complexity index is 938. The van der Waals surface area contributed by atoms with E-state index < -0.39 is 6.03 Å². The summed E-state index contributed by atoms with van der Waals surface area (Å²) in [7, 11) is 0. The van der Waals surface area contributed by atoms with E-state index >= 15 is 0 Å². The standard InChI is InChI=1S/C18H18N4O2/c1-10-4-6-15(17(23)8-10)22-18(24)21-13-5-7-14-16(9-13)20-12(3)11(2)19-14/h4-9,23H,1-3H3,(H2,21,22,24). The molecule has 0 spiro atoms. The summed E-state index contributed by atoms with van der Waals surface area (Å²) in [5.74, 6) is 0.0284. The number of carbonyl (C=O) groups is 1. The molecule has 0 aliphatic heterocycles. The Hall–Kier alpha value is -3.15. The van der Waals surface area contributed by atoms with Crippen molar-refractivity contribution in [3.8, 4) is 5.75 Å². The van der Waals surface area contributed by atoms with Crippen LogP contribution in [0.4, 0.5) is 16.2 Å². The predicted octanol–water partition coefficient (Wildman–Crippen LogP) is 3.90. The van der Waals surface area contributed by atoms with Crippen molar-refractivity contribution in [3.05, 3.63) is 53.3 Å². The van der Waals surface area contributed by atoms with Gasteiger partial charge in [0.2, 0.25) is 0 Å². The molecule has 0 unspecified atom stereocenters. The number of carbonyl (C=O) groups excluding carboxylic acids is 1. The molecule has 2 aromatic carbocycles. The van der Waals surface area contributed by atoms with E-state index in [1.165, 1.54) is 0 Å². The topological polar surface area (TPSA) is 87.1 Å². The van der Waals surface area contributed by atoms with Crippen molar-refractivity contribution in [1.82, 2.24) is 9.97 Å². The van der Waals surface area contributed by atoms with Gasteiger partial charge >= 0.3 is 6.03 Å². The van der Waals surface area contributed by atoms with Crippen LogP contribution in [0.2, 0.25) is 0 Å². The van der Waals surface area contributed by atoms with Gasteiger partial charge in [-0.25, -0.2) is 14.8 Å². The second kappa shape index (κ2) is 6.16. The molecule has 3 aromatic rings. The fourth-order valence-electron chi connectivity index (χ4n) is 2.34. The van der Waals surface area contributed by atoms with E-state index in [1.54, 1.807) is 24.3 Å². The fourth-order valence-corrected chi connectivity index (χ4v) is 2.34. The lowest BCUT2D eigenvalue weighted by molar-refractivity contribution is 0.262. The van der Waals surface area contributed by atoms with Crippen LogP contribution in [0, 0.1) is 20.8 Å². The van der Waals surface area contributed by atoms with Gasteiger partial charge in [-0.1, -0.05) is 6.07 Å². The minimum Gasteiger partial charge on any atom is -0.506 e. The van der Waals surface area contributed by atoms with Gasteiger partial charge in [0.05, 0.1) is 28.1 Å². The van der Waals surface area contributed by atoms with Crippen molar-refractivity contribution < 1.29 is 9.90 Å². The number of urea groups is 1. The second-order valence-electron chi connectivity index (χ2n) is 5.70. The van der Waals surface area contributed by atoms with E-state index in [2.05, 4.69) is 20.6 Å².